The molecular formula is C15H21NO3. The van der Waals surface area contributed by atoms with Gasteiger partial charge in [0.1, 0.15) is 12.4 Å². The van der Waals surface area contributed by atoms with E-state index in [9.17, 15) is 0 Å². The lowest BCUT2D eigenvalue weighted by molar-refractivity contribution is 0.173. The van der Waals surface area contributed by atoms with Crippen molar-refractivity contribution < 1.29 is 14.2 Å². The Morgan fingerprint density at radius 2 is 1.95 bits per heavy atom. The minimum absolute atomic E-state index is 0.308. The molecule has 1 aromatic rings. The Bertz CT molecular complexity index is 416. The van der Waals surface area contributed by atoms with Crippen LogP contribution >= 0.6 is 0 Å². The molecule has 1 saturated carbocycles. The first-order chi connectivity index (χ1) is 9.42. The molecule has 0 atom stereocenters. The standard InChI is InChI=1S/C15H21NO3/c1-2-4-12(5-3-1)16-8-9-17-13-6-7-14-15(10-13)19-11-18-14/h6-7,10,12,16H,1-5,8-9,11H2. The second-order valence-corrected chi connectivity index (χ2v) is 5.15. The zero-order valence-corrected chi connectivity index (χ0v) is 11.2. The van der Waals surface area contributed by atoms with E-state index in [1.165, 1.54) is 32.1 Å². The maximum atomic E-state index is 5.72. The van der Waals surface area contributed by atoms with Crippen molar-refractivity contribution >= 4 is 0 Å². The van der Waals surface area contributed by atoms with E-state index in [1.807, 2.05) is 18.2 Å². The van der Waals surface area contributed by atoms with Crippen LogP contribution in [0.4, 0.5) is 0 Å². The van der Waals surface area contributed by atoms with E-state index in [-0.39, 0.29) is 0 Å². The lowest BCUT2D eigenvalue weighted by atomic mass is 9.96. The number of rotatable bonds is 5. The predicted octanol–water partition coefficient (Wildman–Crippen LogP) is 2.72. The van der Waals surface area contributed by atoms with Crippen LogP contribution in [0, 0.1) is 0 Å². The molecule has 0 aromatic heterocycles. The third kappa shape index (κ3) is 3.32. The largest absolute Gasteiger partial charge is 0.492 e. The first-order valence-electron chi connectivity index (χ1n) is 7.18. The van der Waals surface area contributed by atoms with Crippen LogP contribution in [0.3, 0.4) is 0 Å². The van der Waals surface area contributed by atoms with Crippen molar-refractivity contribution in [2.45, 2.75) is 38.1 Å². The van der Waals surface area contributed by atoms with Gasteiger partial charge in [-0.3, -0.25) is 0 Å². The molecule has 0 unspecified atom stereocenters. The molecule has 1 aromatic carbocycles. The van der Waals surface area contributed by atoms with Crippen molar-refractivity contribution in [3.05, 3.63) is 18.2 Å². The zero-order valence-electron chi connectivity index (χ0n) is 11.2. The average Bonchev–Trinajstić information content (AvgIpc) is 2.92. The third-order valence-electron chi connectivity index (χ3n) is 3.75. The smallest absolute Gasteiger partial charge is 0.231 e. The van der Waals surface area contributed by atoms with E-state index in [1.54, 1.807) is 0 Å². The molecule has 0 spiro atoms. The summed E-state index contributed by atoms with van der Waals surface area (Å²) in [5, 5.41) is 3.56. The van der Waals surface area contributed by atoms with E-state index in [2.05, 4.69) is 5.32 Å². The summed E-state index contributed by atoms with van der Waals surface area (Å²) >= 11 is 0. The summed E-state index contributed by atoms with van der Waals surface area (Å²) in [4.78, 5) is 0. The molecule has 104 valence electrons. The maximum absolute atomic E-state index is 5.72. The highest BCUT2D eigenvalue weighted by molar-refractivity contribution is 5.46. The van der Waals surface area contributed by atoms with Crippen molar-refractivity contribution in [1.29, 1.82) is 0 Å². The van der Waals surface area contributed by atoms with Crippen molar-refractivity contribution in [2.75, 3.05) is 19.9 Å². The predicted molar refractivity (Wildman–Crippen MR) is 72.9 cm³/mol. The minimum Gasteiger partial charge on any atom is -0.492 e. The summed E-state index contributed by atoms with van der Waals surface area (Å²) < 4.78 is 16.3. The van der Waals surface area contributed by atoms with Gasteiger partial charge in [-0.05, 0) is 25.0 Å². The summed E-state index contributed by atoms with van der Waals surface area (Å²) in [7, 11) is 0. The van der Waals surface area contributed by atoms with Crippen LogP contribution in [-0.2, 0) is 0 Å². The first kappa shape index (κ1) is 12.6. The van der Waals surface area contributed by atoms with Gasteiger partial charge in [-0.15, -0.1) is 0 Å². The zero-order chi connectivity index (χ0) is 12.9. The molecule has 4 nitrogen and oxygen atoms in total. The lowest BCUT2D eigenvalue weighted by Gasteiger charge is -2.22. The summed E-state index contributed by atoms with van der Waals surface area (Å²) in [6.07, 6.45) is 6.74. The van der Waals surface area contributed by atoms with Crippen LogP contribution < -0.4 is 19.5 Å². The van der Waals surface area contributed by atoms with Crippen LogP contribution in [0.15, 0.2) is 18.2 Å². The molecule has 0 saturated heterocycles. The van der Waals surface area contributed by atoms with Crippen LogP contribution in [0.25, 0.3) is 0 Å². The molecule has 0 radical (unpaired) electrons. The molecule has 1 aliphatic heterocycles. The van der Waals surface area contributed by atoms with Crippen molar-refractivity contribution in [2.24, 2.45) is 0 Å². The number of nitrogens with one attached hydrogen (secondary N) is 1. The average molecular weight is 263 g/mol. The highest BCUT2D eigenvalue weighted by Gasteiger charge is 2.14. The van der Waals surface area contributed by atoms with E-state index in [0.717, 1.165) is 23.8 Å². The van der Waals surface area contributed by atoms with Crippen LogP contribution in [0.2, 0.25) is 0 Å². The van der Waals surface area contributed by atoms with Gasteiger partial charge in [-0.1, -0.05) is 19.3 Å². The van der Waals surface area contributed by atoms with Crippen LogP contribution in [-0.4, -0.2) is 26.0 Å². The van der Waals surface area contributed by atoms with Crippen LogP contribution in [0.1, 0.15) is 32.1 Å². The highest BCUT2D eigenvalue weighted by atomic mass is 16.7. The Hall–Kier alpha value is -1.42. The van der Waals surface area contributed by atoms with Crippen molar-refractivity contribution in [1.82, 2.24) is 5.32 Å². The first-order valence-corrected chi connectivity index (χ1v) is 7.18. The molecule has 3 rings (SSSR count). The number of fused-ring (bicyclic) bond motifs is 1. The van der Waals surface area contributed by atoms with Crippen molar-refractivity contribution in [3.63, 3.8) is 0 Å². The molecule has 0 bridgehead atoms. The molecule has 4 heteroatoms. The molecule has 1 aliphatic carbocycles. The molecular weight excluding hydrogens is 242 g/mol. The van der Waals surface area contributed by atoms with E-state index >= 15 is 0 Å². The van der Waals surface area contributed by atoms with Gasteiger partial charge in [0.15, 0.2) is 11.5 Å². The van der Waals surface area contributed by atoms with Gasteiger partial charge in [-0.25, -0.2) is 0 Å². The van der Waals surface area contributed by atoms with E-state index in [4.69, 9.17) is 14.2 Å². The highest BCUT2D eigenvalue weighted by Crippen LogP contribution is 2.34. The monoisotopic (exact) mass is 263 g/mol. The van der Waals surface area contributed by atoms with Gasteiger partial charge in [0.05, 0.1) is 0 Å². The summed E-state index contributed by atoms with van der Waals surface area (Å²) in [5.74, 6) is 2.42. The summed E-state index contributed by atoms with van der Waals surface area (Å²) in [6, 6.07) is 6.40. The van der Waals surface area contributed by atoms with E-state index in [0.29, 0.717) is 19.4 Å². The quantitative estimate of drug-likeness (QED) is 0.829. The second-order valence-electron chi connectivity index (χ2n) is 5.15. The fraction of sp³-hybridized carbons (Fsp3) is 0.600. The Morgan fingerprint density at radius 3 is 2.84 bits per heavy atom. The second kappa shape index (κ2) is 6.15. The maximum Gasteiger partial charge on any atom is 0.231 e. The summed E-state index contributed by atoms with van der Waals surface area (Å²) in [5.41, 5.74) is 0. The lowest BCUT2D eigenvalue weighted by Crippen LogP contribution is -2.34. The van der Waals surface area contributed by atoms with E-state index < -0.39 is 0 Å². The van der Waals surface area contributed by atoms with Gasteiger partial charge < -0.3 is 19.5 Å². The number of hydrogen-bond donors (Lipinski definition) is 1. The normalized spacial score (nSPS) is 18.5. The Kier molecular flexibility index (Phi) is 4.08. The number of hydrogen-bond acceptors (Lipinski definition) is 4. The molecule has 0 amide bonds. The molecule has 19 heavy (non-hydrogen) atoms. The van der Waals surface area contributed by atoms with Gasteiger partial charge in [0.25, 0.3) is 0 Å². The number of ether oxygens (including phenoxy) is 3. The summed E-state index contributed by atoms with van der Waals surface area (Å²) in [6.45, 7) is 1.90. The minimum atomic E-state index is 0.308. The fourth-order valence-corrected chi connectivity index (χ4v) is 2.71. The molecule has 1 fully saturated rings. The fourth-order valence-electron chi connectivity index (χ4n) is 2.71. The van der Waals surface area contributed by atoms with Gasteiger partial charge in [0.2, 0.25) is 6.79 Å². The van der Waals surface area contributed by atoms with Gasteiger partial charge in [0, 0.05) is 18.7 Å². The molecule has 1 N–H and O–H groups in total. The van der Waals surface area contributed by atoms with Gasteiger partial charge >= 0.3 is 0 Å². The Balaban J connectivity index is 1.40. The van der Waals surface area contributed by atoms with Gasteiger partial charge in [-0.2, -0.15) is 0 Å². The number of benzene rings is 1. The topological polar surface area (TPSA) is 39.7 Å². The Morgan fingerprint density at radius 1 is 1.11 bits per heavy atom. The van der Waals surface area contributed by atoms with Crippen LogP contribution in [0.5, 0.6) is 17.2 Å². The SMILES string of the molecule is c1cc2c(cc1OCCNC1CCCCC1)OCO2. The molecule has 1 heterocycles. The third-order valence-corrected chi connectivity index (χ3v) is 3.75. The molecule has 2 aliphatic rings. The van der Waals surface area contributed by atoms with Crippen molar-refractivity contribution in [3.8, 4) is 17.2 Å². The Labute approximate surface area is 114 Å².